The number of benzene rings is 1. The molecule has 4 rings (SSSR count). The highest BCUT2D eigenvalue weighted by Crippen LogP contribution is 2.25. The molecule has 3 aromatic rings. The fourth-order valence-electron chi connectivity index (χ4n) is 3.19. The van der Waals surface area contributed by atoms with Crippen LogP contribution in [0.25, 0.3) is 10.9 Å². The third-order valence-electron chi connectivity index (χ3n) is 4.73. The highest BCUT2D eigenvalue weighted by atomic mass is 15.3. The van der Waals surface area contributed by atoms with Crippen LogP contribution in [0.4, 0.5) is 11.6 Å². The maximum Gasteiger partial charge on any atom is 0.154 e. The van der Waals surface area contributed by atoms with Crippen LogP contribution >= 0.6 is 0 Å². The van der Waals surface area contributed by atoms with Crippen molar-refractivity contribution in [2.24, 2.45) is 0 Å². The molecule has 0 spiro atoms. The predicted molar refractivity (Wildman–Crippen MR) is 95.5 cm³/mol. The summed E-state index contributed by atoms with van der Waals surface area (Å²) in [5.74, 6) is 2.02. The Morgan fingerprint density at radius 1 is 0.875 bits per heavy atom. The summed E-state index contributed by atoms with van der Waals surface area (Å²) in [6, 6.07) is 8.17. The Morgan fingerprint density at radius 3 is 2.38 bits per heavy atom. The van der Waals surface area contributed by atoms with Crippen LogP contribution in [0.1, 0.15) is 11.1 Å². The smallest absolute Gasteiger partial charge is 0.154 e. The molecule has 1 fully saturated rings. The minimum Gasteiger partial charge on any atom is -0.352 e. The van der Waals surface area contributed by atoms with E-state index < -0.39 is 0 Å². The molecule has 6 nitrogen and oxygen atoms in total. The van der Waals surface area contributed by atoms with Crippen LogP contribution in [0, 0.1) is 13.8 Å². The zero-order valence-corrected chi connectivity index (χ0v) is 14.0. The number of hydrogen-bond acceptors (Lipinski definition) is 6. The summed E-state index contributed by atoms with van der Waals surface area (Å²) in [5.41, 5.74) is 3.39. The zero-order chi connectivity index (χ0) is 16.5. The van der Waals surface area contributed by atoms with Crippen LogP contribution in [0.2, 0.25) is 0 Å². The van der Waals surface area contributed by atoms with Crippen molar-refractivity contribution >= 4 is 22.5 Å². The second kappa shape index (κ2) is 6.03. The topological polar surface area (TPSA) is 58.0 Å². The Balaban J connectivity index is 1.57. The molecule has 1 saturated heterocycles. The van der Waals surface area contributed by atoms with Crippen LogP contribution in [0.15, 0.2) is 36.8 Å². The van der Waals surface area contributed by atoms with Crippen molar-refractivity contribution < 1.29 is 0 Å². The first-order valence-electron chi connectivity index (χ1n) is 8.22. The van der Waals surface area contributed by atoms with Gasteiger partial charge in [0.25, 0.3) is 0 Å². The largest absolute Gasteiger partial charge is 0.352 e. The zero-order valence-electron chi connectivity index (χ0n) is 14.0. The van der Waals surface area contributed by atoms with Gasteiger partial charge in [-0.15, -0.1) is 5.10 Å². The number of fused-ring (bicyclic) bond motifs is 1. The van der Waals surface area contributed by atoms with Gasteiger partial charge in [0, 0.05) is 31.6 Å². The van der Waals surface area contributed by atoms with Crippen LogP contribution in [0.5, 0.6) is 0 Å². The van der Waals surface area contributed by atoms with E-state index in [0.29, 0.717) is 0 Å². The lowest BCUT2D eigenvalue weighted by molar-refractivity contribution is 0.637. The molecule has 0 amide bonds. The summed E-state index contributed by atoms with van der Waals surface area (Å²) in [7, 11) is 0. The van der Waals surface area contributed by atoms with E-state index in [1.807, 2.05) is 24.4 Å². The van der Waals surface area contributed by atoms with Crippen molar-refractivity contribution in [1.82, 2.24) is 20.2 Å². The van der Waals surface area contributed by atoms with Gasteiger partial charge in [-0.3, -0.25) is 0 Å². The second-order valence-electron chi connectivity index (χ2n) is 6.16. The van der Waals surface area contributed by atoms with Crippen molar-refractivity contribution in [1.29, 1.82) is 0 Å². The van der Waals surface area contributed by atoms with Gasteiger partial charge in [-0.2, -0.15) is 5.10 Å². The molecule has 0 aliphatic carbocycles. The number of para-hydroxylation sites is 1. The van der Waals surface area contributed by atoms with Crippen molar-refractivity contribution in [3.8, 4) is 0 Å². The Labute approximate surface area is 141 Å². The Kier molecular flexibility index (Phi) is 3.72. The average Bonchev–Trinajstić information content (AvgIpc) is 2.64. The molecule has 6 heteroatoms. The third kappa shape index (κ3) is 2.54. The first-order chi connectivity index (χ1) is 11.7. The maximum absolute atomic E-state index is 4.53. The van der Waals surface area contributed by atoms with Gasteiger partial charge in [-0.05, 0) is 37.1 Å². The monoisotopic (exact) mass is 320 g/mol. The number of piperazine rings is 1. The van der Waals surface area contributed by atoms with Gasteiger partial charge < -0.3 is 9.80 Å². The SMILES string of the molecule is Cc1cnnc(N2CCN(c3ncnc4ccccc34)CC2)c1C. The van der Waals surface area contributed by atoms with Gasteiger partial charge in [0.15, 0.2) is 5.82 Å². The van der Waals surface area contributed by atoms with E-state index in [1.165, 1.54) is 11.1 Å². The lowest BCUT2D eigenvalue weighted by Gasteiger charge is -2.36. The fourth-order valence-corrected chi connectivity index (χ4v) is 3.19. The molecule has 0 N–H and O–H groups in total. The molecule has 24 heavy (non-hydrogen) atoms. The van der Waals surface area contributed by atoms with Crippen molar-refractivity contribution in [3.63, 3.8) is 0 Å². The molecule has 1 aromatic carbocycles. The molecule has 3 heterocycles. The summed E-state index contributed by atoms with van der Waals surface area (Å²) in [4.78, 5) is 13.5. The minimum absolute atomic E-state index is 0.913. The summed E-state index contributed by atoms with van der Waals surface area (Å²) in [6.45, 7) is 7.85. The molecule has 0 bridgehead atoms. The van der Waals surface area contributed by atoms with E-state index in [4.69, 9.17) is 0 Å². The molecule has 2 aromatic heterocycles. The molecule has 0 radical (unpaired) electrons. The maximum atomic E-state index is 4.53. The number of nitrogens with zero attached hydrogens (tertiary/aromatic N) is 6. The van der Waals surface area contributed by atoms with Crippen molar-refractivity contribution in [3.05, 3.63) is 47.9 Å². The van der Waals surface area contributed by atoms with E-state index in [0.717, 1.165) is 48.7 Å². The summed E-state index contributed by atoms with van der Waals surface area (Å²) in [6.07, 6.45) is 3.47. The van der Waals surface area contributed by atoms with E-state index in [9.17, 15) is 0 Å². The molecule has 122 valence electrons. The average molecular weight is 320 g/mol. The summed E-state index contributed by atoms with van der Waals surface area (Å²) < 4.78 is 0. The van der Waals surface area contributed by atoms with E-state index in [2.05, 4.69) is 49.9 Å². The van der Waals surface area contributed by atoms with Crippen molar-refractivity contribution in [2.75, 3.05) is 36.0 Å². The normalized spacial score (nSPS) is 15.1. The van der Waals surface area contributed by atoms with E-state index in [1.54, 1.807) is 6.33 Å². The van der Waals surface area contributed by atoms with Gasteiger partial charge in [0.05, 0.1) is 11.7 Å². The molecule has 1 aliphatic rings. The fraction of sp³-hybridized carbons (Fsp3) is 0.333. The predicted octanol–water partition coefficient (Wildman–Crippen LogP) is 2.36. The van der Waals surface area contributed by atoms with Crippen LogP contribution in [-0.4, -0.2) is 46.3 Å². The second-order valence-corrected chi connectivity index (χ2v) is 6.16. The van der Waals surface area contributed by atoms with Gasteiger partial charge in [-0.25, -0.2) is 9.97 Å². The van der Waals surface area contributed by atoms with Crippen LogP contribution in [0.3, 0.4) is 0 Å². The van der Waals surface area contributed by atoms with Crippen LogP contribution in [-0.2, 0) is 0 Å². The third-order valence-corrected chi connectivity index (χ3v) is 4.73. The van der Waals surface area contributed by atoms with E-state index in [-0.39, 0.29) is 0 Å². The number of aromatic nitrogens is 4. The Bertz CT molecular complexity index is 865. The van der Waals surface area contributed by atoms with Gasteiger partial charge in [-0.1, -0.05) is 12.1 Å². The summed E-state index contributed by atoms with van der Waals surface area (Å²) >= 11 is 0. The summed E-state index contributed by atoms with van der Waals surface area (Å²) in [5, 5.41) is 9.57. The number of aryl methyl sites for hydroxylation is 1. The molecular weight excluding hydrogens is 300 g/mol. The van der Waals surface area contributed by atoms with Gasteiger partial charge in [0.1, 0.15) is 12.1 Å². The van der Waals surface area contributed by atoms with Gasteiger partial charge in [0.2, 0.25) is 0 Å². The minimum atomic E-state index is 0.913. The Hall–Kier alpha value is -2.76. The first-order valence-corrected chi connectivity index (χ1v) is 8.22. The first kappa shape index (κ1) is 14.8. The highest BCUT2D eigenvalue weighted by Gasteiger charge is 2.22. The highest BCUT2D eigenvalue weighted by molar-refractivity contribution is 5.89. The quantitative estimate of drug-likeness (QED) is 0.722. The molecular formula is C18H20N6. The number of anilines is 2. The lowest BCUT2D eigenvalue weighted by Crippen LogP contribution is -2.47. The Morgan fingerprint density at radius 2 is 1.58 bits per heavy atom. The lowest BCUT2D eigenvalue weighted by atomic mass is 10.1. The number of rotatable bonds is 2. The van der Waals surface area contributed by atoms with Crippen LogP contribution < -0.4 is 9.80 Å². The standard InChI is InChI=1S/C18H20N6/c1-13-11-21-22-17(14(13)2)23-7-9-24(10-8-23)18-15-5-3-4-6-16(15)19-12-20-18/h3-6,11-12H,7-10H2,1-2H3. The van der Waals surface area contributed by atoms with Crippen molar-refractivity contribution in [2.45, 2.75) is 13.8 Å². The molecule has 1 aliphatic heterocycles. The molecule has 0 saturated carbocycles. The van der Waals surface area contributed by atoms with Gasteiger partial charge >= 0.3 is 0 Å². The van der Waals surface area contributed by atoms with E-state index >= 15 is 0 Å². The number of hydrogen-bond donors (Lipinski definition) is 0. The molecule has 0 atom stereocenters. The molecule has 0 unspecified atom stereocenters.